The van der Waals surface area contributed by atoms with Crippen LogP contribution in [0.5, 0.6) is 0 Å². The molecule has 0 radical (unpaired) electrons. The van der Waals surface area contributed by atoms with Crippen molar-refractivity contribution in [1.82, 2.24) is 24.5 Å². The number of likely N-dealkylation sites (tertiary alicyclic amines) is 2. The summed E-state index contributed by atoms with van der Waals surface area (Å²) in [6, 6.07) is 10.3. The van der Waals surface area contributed by atoms with Crippen molar-refractivity contribution >= 4 is 40.8 Å². The van der Waals surface area contributed by atoms with Gasteiger partial charge in [-0.15, -0.1) is 0 Å². The number of amides is 4. The minimum atomic E-state index is -4.72. The number of anilines is 2. The first-order valence-corrected chi connectivity index (χ1v) is 18.0. The van der Waals surface area contributed by atoms with Crippen LogP contribution >= 0.6 is 11.6 Å². The normalized spacial score (nSPS) is 21.1. The third-order valence-electron chi connectivity index (χ3n) is 11.0. The van der Waals surface area contributed by atoms with E-state index in [0.717, 1.165) is 62.8 Å². The number of nitrogen functional groups attached to an aromatic ring is 1. The van der Waals surface area contributed by atoms with Crippen molar-refractivity contribution in [3.63, 3.8) is 0 Å². The number of rotatable bonds is 7. The first-order chi connectivity index (χ1) is 23.9. The number of carbonyl (C=O) groups is 3. The Labute approximate surface area is 296 Å². The standard InChI is InChI=1S/C36H47ClF3N7O3/c1-43-16-18-44(19-17-43)27-7-13-46(14-8-27)34(49)26(20-24-21-29(36(38,39)40)33(41)30(37)22-24)23-32(48)45-11-9-28(10-12-45)47-15-6-25-4-2-3-5-31(25)42-35(47)50/h2-5,21-22,26-28H,6-20,23,41H2,1H3,(H,42,50)/t26-/m0/s1. The molecule has 3 saturated heterocycles. The number of para-hydroxylation sites is 1. The lowest BCUT2D eigenvalue weighted by Gasteiger charge is -2.42. The molecule has 4 aliphatic heterocycles. The minimum absolute atomic E-state index is 0.0369. The minimum Gasteiger partial charge on any atom is -0.397 e. The molecule has 0 saturated carbocycles. The molecule has 272 valence electrons. The highest BCUT2D eigenvalue weighted by molar-refractivity contribution is 6.33. The van der Waals surface area contributed by atoms with Gasteiger partial charge in [0.1, 0.15) is 0 Å². The molecule has 0 aliphatic carbocycles. The molecular formula is C36H47ClF3N7O3. The summed E-state index contributed by atoms with van der Waals surface area (Å²) in [6.07, 6.45) is -1.39. The Bertz CT molecular complexity index is 1550. The molecule has 1 atom stereocenters. The number of nitrogens with one attached hydrogen (secondary N) is 1. The number of likely N-dealkylation sites (N-methyl/N-ethyl adjacent to an activating group) is 1. The smallest absolute Gasteiger partial charge is 0.397 e. The molecule has 0 spiro atoms. The predicted octanol–water partition coefficient (Wildman–Crippen LogP) is 4.81. The second kappa shape index (κ2) is 15.4. The molecule has 3 fully saturated rings. The maximum atomic E-state index is 14.1. The zero-order chi connectivity index (χ0) is 35.6. The molecule has 0 aromatic heterocycles. The molecule has 2 aromatic rings. The fourth-order valence-corrected chi connectivity index (χ4v) is 8.20. The lowest BCUT2D eigenvalue weighted by molar-refractivity contribution is -0.143. The summed E-state index contributed by atoms with van der Waals surface area (Å²) in [6.45, 7) is 6.46. The van der Waals surface area contributed by atoms with E-state index in [1.54, 1.807) is 9.80 Å². The molecule has 50 heavy (non-hydrogen) atoms. The number of nitrogens with zero attached hydrogens (tertiary/aromatic N) is 5. The third kappa shape index (κ3) is 8.32. The summed E-state index contributed by atoms with van der Waals surface area (Å²) >= 11 is 6.15. The Morgan fingerprint density at radius 3 is 2.24 bits per heavy atom. The monoisotopic (exact) mass is 717 g/mol. The van der Waals surface area contributed by atoms with Gasteiger partial charge in [-0.3, -0.25) is 14.5 Å². The van der Waals surface area contributed by atoms with Gasteiger partial charge in [0.2, 0.25) is 11.8 Å². The van der Waals surface area contributed by atoms with Crippen LogP contribution in [0.15, 0.2) is 36.4 Å². The van der Waals surface area contributed by atoms with Crippen molar-refractivity contribution in [1.29, 1.82) is 0 Å². The van der Waals surface area contributed by atoms with E-state index < -0.39 is 23.3 Å². The first kappa shape index (κ1) is 36.2. The van der Waals surface area contributed by atoms with Crippen LogP contribution in [0.3, 0.4) is 0 Å². The van der Waals surface area contributed by atoms with E-state index in [9.17, 15) is 27.6 Å². The van der Waals surface area contributed by atoms with Gasteiger partial charge in [0.15, 0.2) is 0 Å². The van der Waals surface area contributed by atoms with E-state index in [4.69, 9.17) is 17.3 Å². The van der Waals surface area contributed by atoms with E-state index in [-0.39, 0.29) is 47.3 Å². The van der Waals surface area contributed by atoms with Crippen LogP contribution in [0.4, 0.5) is 29.3 Å². The van der Waals surface area contributed by atoms with Gasteiger partial charge in [-0.25, -0.2) is 4.79 Å². The molecule has 2 aromatic carbocycles. The summed E-state index contributed by atoms with van der Waals surface area (Å²) in [4.78, 5) is 51.1. The Kier molecular flexibility index (Phi) is 11.1. The molecule has 0 bridgehead atoms. The number of piperazine rings is 1. The van der Waals surface area contributed by atoms with Crippen LogP contribution in [0, 0.1) is 5.92 Å². The van der Waals surface area contributed by atoms with Gasteiger partial charge in [-0.2, -0.15) is 13.2 Å². The largest absolute Gasteiger partial charge is 0.418 e. The van der Waals surface area contributed by atoms with Crippen LogP contribution in [-0.2, 0) is 28.6 Å². The zero-order valence-electron chi connectivity index (χ0n) is 28.6. The summed E-state index contributed by atoms with van der Waals surface area (Å²) in [5.41, 5.74) is 6.19. The number of piperidine rings is 2. The van der Waals surface area contributed by atoms with Crippen molar-refractivity contribution in [3.05, 3.63) is 58.1 Å². The van der Waals surface area contributed by atoms with Crippen molar-refractivity contribution < 1.29 is 27.6 Å². The fourth-order valence-electron chi connectivity index (χ4n) is 7.96. The SMILES string of the molecule is CN1CCN(C2CCN(C(=O)[C@H](CC(=O)N3CCC(N4CCc5ccccc5NC4=O)CC3)Cc3cc(Cl)c(N)c(C(F)(F)F)c3)CC2)CC1. The van der Waals surface area contributed by atoms with Gasteiger partial charge in [-0.05, 0) is 74.9 Å². The second-order valence-electron chi connectivity index (χ2n) is 14.2. The van der Waals surface area contributed by atoms with Crippen molar-refractivity contribution in [3.8, 4) is 0 Å². The maximum absolute atomic E-state index is 14.1. The molecule has 6 rings (SSSR count). The Hall–Kier alpha value is -3.55. The average Bonchev–Trinajstić information content (AvgIpc) is 3.27. The van der Waals surface area contributed by atoms with E-state index in [0.29, 0.717) is 51.6 Å². The number of carbonyl (C=O) groups excluding carboxylic acids is 3. The van der Waals surface area contributed by atoms with Crippen LogP contribution in [0.2, 0.25) is 5.02 Å². The fraction of sp³-hybridized carbons (Fsp3) is 0.583. The molecule has 0 unspecified atom stereocenters. The number of hydrogen-bond acceptors (Lipinski definition) is 6. The number of halogens is 4. The Balaban J connectivity index is 1.12. The molecule has 4 aliphatic rings. The molecular weight excluding hydrogens is 671 g/mol. The first-order valence-electron chi connectivity index (χ1n) is 17.7. The van der Waals surface area contributed by atoms with E-state index in [1.807, 2.05) is 29.2 Å². The van der Waals surface area contributed by atoms with Crippen LogP contribution < -0.4 is 11.1 Å². The molecule has 4 amide bonds. The number of fused-ring (bicyclic) bond motifs is 1. The topological polar surface area (TPSA) is 105 Å². The molecule has 3 N–H and O–H groups in total. The summed E-state index contributed by atoms with van der Waals surface area (Å²) in [5.74, 6) is -1.32. The molecule has 14 heteroatoms. The average molecular weight is 718 g/mol. The Morgan fingerprint density at radius 2 is 1.56 bits per heavy atom. The number of nitrogens with two attached hydrogens (primary N) is 1. The third-order valence-corrected chi connectivity index (χ3v) is 11.3. The quantitative estimate of drug-likeness (QED) is 0.399. The van der Waals surface area contributed by atoms with Crippen molar-refractivity contribution in [2.75, 3.05) is 77.0 Å². The van der Waals surface area contributed by atoms with Crippen LogP contribution in [0.25, 0.3) is 0 Å². The van der Waals surface area contributed by atoms with Crippen molar-refractivity contribution in [2.24, 2.45) is 5.92 Å². The maximum Gasteiger partial charge on any atom is 0.418 e. The molecule has 4 heterocycles. The van der Waals surface area contributed by atoms with Crippen LogP contribution in [-0.4, -0.2) is 120 Å². The van der Waals surface area contributed by atoms with E-state index in [1.165, 1.54) is 6.07 Å². The number of alkyl halides is 3. The molecule has 10 nitrogen and oxygen atoms in total. The van der Waals surface area contributed by atoms with Gasteiger partial charge < -0.3 is 30.7 Å². The predicted molar refractivity (Wildman–Crippen MR) is 187 cm³/mol. The highest BCUT2D eigenvalue weighted by Gasteiger charge is 2.38. The van der Waals surface area contributed by atoms with E-state index >= 15 is 0 Å². The number of urea groups is 1. The second-order valence-corrected chi connectivity index (χ2v) is 14.6. The van der Waals surface area contributed by atoms with Gasteiger partial charge in [0.25, 0.3) is 0 Å². The van der Waals surface area contributed by atoms with Gasteiger partial charge in [-0.1, -0.05) is 29.8 Å². The zero-order valence-corrected chi connectivity index (χ0v) is 29.3. The summed E-state index contributed by atoms with van der Waals surface area (Å²) < 4.78 is 41.5. The van der Waals surface area contributed by atoms with Crippen LogP contribution in [0.1, 0.15) is 48.8 Å². The summed E-state index contributed by atoms with van der Waals surface area (Å²) in [5, 5.41) is 2.78. The Morgan fingerprint density at radius 1 is 0.920 bits per heavy atom. The highest BCUT2D eigenvalue weighted by Crippen LogP contribution is 2.38. The van der Waals surface area contributed by atoms with Crippen molar-refractivity contribution in [2.45, 2.75) is 63.2 Å². The number of hydrogen-bond donors (Lipinski definition) is 2. The van der Waals surface area contributed by atoms with Gasteiger partial charge in [0.05, 0.1) is 22.2 Å². The lowest BCUT2D eigenvalue weighted by atomic mass is 9.91. The number of benzene rings is 2. The highest BCUT2D eigenvalue weighted by atomic mass is 35.5. The van der Waals surface area contributed by atoms with Gasteiger partial charge >= 0.3 is 12.2 Å². The lowest BCUT2D eigenvalue weighted by Crippen LogP contribution is -2.53. The van der Waals surface area contributed by atoms with Gasteiger partial charge in [0, 0.05) is 83.1 Å². The van der Waals surface area contributed by atoms with E-state index in [2.05, 4.69) is 22.2 Å². The summed E-state index contributed by atoms with van der Waals surface area (Å²) in [7, 11) is 2.11.